The van der Waals surface area contributed by atoms with Gasteiger partial charge in [0, 0.05) is 21.3 Å². The topological polar surface area (TPSA) is 93.0 Å². The van der Waals surface area contributed by atoms with E-state index in [1.54, 1.807) is 48.5 Å². The molecule has 198 valence electrons. The zero-order valence-corrected chi connectivity index (χ0v) is 24.2. The molecule has 0 bridgehead atoms. The normalized spacial score (nSPS) is 13.8. The van der Waals surface area contributed by atoms with Crippen LogP contribution in [0.25, 0.3) is 0 Å². The first-order valence-electron chi connectivity index (χ1n) is 11.8. The minimum atomic E-state index is -3.93. The van der Waals surface area contributed by atoms with Gasteiger partial charge in [0.1, 0.15) is 0 Å². The third-order valence-electron chi connectivity index (χ3n) is 5.51. The molecule has 0 saturated carbocycles. The molecule has 0 amide bonds. The van der Waals surface area contributed by atoms with Crippen molar-refractivity contribution in [2.75, 3.05) is 11.5 Å². The summed E-state index contributed by atoms with van der Waals surface area (Å²) < 4.78 is 61.5. The number of sulfonamides is 2. The summed E-state index contributed by atoms with van der Waals surface area (Å²) in [4.78, 5) is 1.79. The van der Waals surface area contributed by atoms with Gasteiger partial charge in [-0.05, 0) is 83.8 Å². The largest absolute Gasteiger partial charge is 0.288 e. The molecular weight excluding hydrogens is 557 g/mol. The van der Waals surface area contributed by atoms with Gasteiger partial charge in [0.2, 0.25) is 0 Å². The fraction of sp³-hybridized carbons (Fsp3) is 0.143. The van der Waals surface area contributed by atoms with E-state index in [-0.39, 0.29) is 9.79 Å². The van der Waals surface area contributed by atoms with Crippen molar-refractivity contribution in [3.05, 3.63) is 120 Å². The van der Waals surface area contributed by atoms with E-state index in [1.807, 2.05) is 74.5 Å². The van der Waals surface area contributed by atoms with E-state index in [0.29, 0.717) is 11.5 Å². The fourth-order valence-electron chi connectivity index (χ4n) is 3.45. The van der Waals surface area contributed by atoms with Gasteiger partial charge in [-0.2, -0.15) is 16.8 Å². The summed E-state index contributed by atoms with van der Waals surface area (Å²) in [6, 6.07) is 31.6. The van der Waals surface area contributed by atoms with Crippen LogP contribution < -0.4 is 0 Å². The van der Waals surface area contributed by atoms with Crippen molar-refractivity contribution in [3.63, 3.8) is 0 Å². The lowest BCUT2D eigenvalue weighted by Gasteiger charge is -2.12. The maximum Gasteiger partial charge on any atom is 0.288 e. The molecule has 0 saturated heterocycles. The van der Waals surface area contributed by atoms with Crippen LogP contribution in [0.3, 0.4) is 0 Å². The maximum atomic E-state index is 13.2. The molecule has 4 rings (SSSR count). The van der Waals surface area contributed by atoms with Gasteiger partial charge in [-0.25, -0.2) is 0 Å². The SMILES string of the molecule is Cc1ccc(S(=O)(=O)/N=[S@@](\CC/[S@](=N\S(=O)(=O)c2ccc(C)cc2)c2ccccc2)c2ccccc2)cc1. The number of benzene rings is 4. The van der Waals surface area contributed by atoms with Gasteiger partial charge in [0.15, 0.2) is 0 Å². The average Bonchev–Trinajstić information content (AvgIpc) is 2.91. The highest BCUT2D eigenvalue weighted by Gasteiger charge is 2.18. The highest BCUT2D eigenvalue weighted by atomic mass is 32.3. The van der Waals surface area contributed by atoms with E-state index in [0.717, 1.165) is 20.9 Å². The molecule has 38 heavy (non-hydrogen) atoms. The molecule has 4 aromatic carbocycles. The minimum Gasteiger partial charge on any atom is -0.199 e. The molecule has 4 aromatic rings. The quantitative estimate of drug-likeness (QED) is 0.238. The van der Waals surface area contributed by atoms with Crippen molar-refractivity contribution < 1.29 is 16.8 Å². The minimum absolute atomic E-state index is 0.130. The summed E-state index contributed by atoms with van der Waals surface area (Å²) in [6.45, 7) is 3.78. The molecule has 0 aliphatic rings. The number of rotatable bonds is 9. The van der Waals surface area contributed by atoms with Crippen LogP contribution in [0, 0.1) is 13.8 Å². The lowest BCUT2D eigenvalue weighted by atomic mass is 10.2. The van der Waals surface area contributed by atoms with Crippen molar-refractivity contribution in [3.8, 4) is 0 Å². The summed E-state index contributed by atoms with van der Waals surface area (Å²) in [6.07, 6.45) is 0. The zero-order valence-electron chi connectivity index (χ0n) is 21.0. The van der Waals surface area contributed by atoms with Crippen LogP contribution in [-0.2, 0) is 41.4 Å². The van der Waals surface area contributed by atoms with Crippen LogP contribution in [-0.4, -0.2) is 28.3 Å². The van der Waals surface area contributed by atoms with Gasteiger partial charge in [-0.3, -0.25) is 0 Å². The van der Waals surface area contributed by atoms with E-state index in [1.165, 1.54) is 0 Å². The Morgan fingerprint density at radius 3 is 1.13 bits per heavy atom. The molecule has 2 atom stereocenters. The lowest BCUT2D eigenvalue weighted by molar-refractivity contribution is 0.596. The van der Waals surface area contributed by atoms with Crippen molar-refractivity contribution in [1.29, 1.82) is 0 Å². The number of aryl methyl sites for hydroxylation is 2. The molecule has 0 aromatic heterocycles. The van der Waals surface area contributed by atoms with Gasteiger partial charge < -0.3 is 0 Å². The first kappa shape index (κ1) is 28.1. The van der Waals surface area contributed by atoms with Gasteiger partial charge in [0.05, 0.1) is 9.79 Å². The van der Waals surface area contributed by atoms with Crippen LogP contribution >= 0.6 is 0 Å². The molecule has 0 spiro atoms. The van der Waals surface area contributed by atoms with Crippen molar-refractivity contribution >= 4 is 41.4 Å². The fourth-order valence-corrected chi connectivity index (χ4v) is 11.0. The van der Waals surface area contributed by atoms with Gasteiger partial charge in [-0.15, -0.1) is 7.54 Å². The maximum absolute atomic E-state index is 13.2. The van der Waals surface area contributed by atoms with Gasteiger partial charge in [0.25, 0.3) is 20.0 Å². The first-order chi connectivity index (χ1) is 18.1. The van der Waals surface area contributed by atoms with E-state index in [4.69, 9.17) is 0 Å². The second-order valence-electron chi connectivity index (χ2n) is 8.49. The van der Waals surface area contributed by atoms with Crippen LogP contribution in [0.1, 0.15) is 11.1 Å². The third-order valence-corrected chi connectivity index (χ3v) is 13.3. The van der Waals surface area contributed by atoms with Crippen LogP contribution in [0.4, 0.5) is 0 Å². The molecule has 0 radical (unpaired) electrons. The molecule has 0 aliphatic carbocycles. The van der Waals surface area contributed by atoms with Crippen molar-refractivity contribution in [2.24, 2.45) is 7.54 Å². The predicted molar refractivity (Wildman–Crippen MR) is 155 cm³/mol. The Labute approximate surface area is 230 Å². The van der Waals surface area contributed by atoms with Crippen molar-refractivity contribution in [2.45, 2.75) is 33.4 Å². The number of hydrogen-bond donors (Lipinski definition) is 0. The Morgan fingerprint density at radius 1 is 0.500 bits per heavy atom. The first-order valence-corrected chi connectivity index (χ1v) is 17.3. The zero-order chi connectivity index (χ0) is 27.2. The second-order valence-corrected chi connectivity index (χ2v) is 15.7. The van der Waals surface area contributed by atoms with Crippen LogP contribution in [0.15, 0.2) is 136 Å². The molecular formula is C28H28N2O4S4. The number of nitrogens with zero attached hydrogens (tertiary/aromatic N) is 2. The summed E-state index contributed by atoms with van der Waals surface area (Å²) in [5.74, 6) is 0.639. The van der Waals surface area contributed by atoms with Gasteiger partial charge in [-0.1, -0.05) is 71.8 Å². The van der Waals surface area contributed by atoms with E-state index in [9.17, 15) is 16.8 Å². The monoisotopic (exact) mass is 584 g/mol. The predicted octanol–water partition coefficient (Wildman–Crippen LogP) is 6.10. The summed E-state index contributed by atoms with van der Waals surface area (Å²) >= 11 is 0. The Kier molecular flexibility index (Phi) is 9.09. The Balaban J connectivity index is 1.74. The Hall–Kier alpha value is -2.92. The third kappa shape index (κ3) is 7.35. The molecule has 0 N–H and O–H groups in total. The van der Waals surface area contributed by atoms with E-state index in [2.05, 4.69) is 7.54 Å². The smallest absolute Gasteiger partial charge is 0.199 e. The second kappa shape index (κ2) is 12.3. The van der Waals surface area contributed by atoms with Gasteiger partial charge >= 0.3 is 0 Å². The highest BCUT2D eigenvalue weighted by Crippen LogP contribution is 2.21. The van der Waals surface area contributed by atoms with E-state index < -0.39 is 41.4 Å². The molecule has 10 heteroatoms. The van der Waals surface area contributed by atoms with E-state index >= 15 is 0 Å². The summed E-state index contributed by atoms with van der Waals surface area (Å²) in [5.41, 5.74) is 1.91. The summed E-state index contributed by atoms with van der Waals surface area (Å²) in [5, 5.41) is 0. The molecule has 0 unspecified atom stereocenters. The Bertz CT molecular complexity index is 1540. The van der Waals surface area contributed by atoms with Crippen LogP contribution in [0.5, 0.6) is 0 Å². The number of hydrogen-bond acceptors (Lipinski definition) is 4. The Morgan fingerprint density at radius 2 is 0.816 bits per heavy atom. The molecule has 0 heterocycles. The lowest BCUT2D eigenvalue weighted by Crippen LogP contribution is -2.12. The van der Waals surface area contributed by atoms with Crippen molar-refractivity contribution in [1.82, 2.24) is 0 Å². The standard InChI is InChI=1S/C28H28N2O4S4/c1-23-13-17-27(18-14-23)37(31,32)29-35(25-9-5-3-6-10-25)21-22-36(26-11-7-4-8-12-26)30-38(33,34)28-19-15-24(2)16-20-28/h3-20H,21-22H2,1-2H3/t35-,36-/m0/s1. The molecule has 6 nitrogen and oxygen atoms in total. The summed E-state index contributed by atoms with van der Waals surface area (Å²) in [7, 11) is -9.94. The molecule has 0 aliphatic heterocycles. The average molecular weight is 585 g/mol. The van der Waals surface area contributed by atoms with Crippen LogP contribution in [0.2, 0.25) is 0 Å². The molecule has 0 fully saturated rings. The highest BCUT2D eigenvalue weighted by molar-refractivity contribution is 8.02.